The van der Waals surface area contributed by atoms with Crippen molar-refractivity contribution >= 4 is 34.8 Å². The van der Waals surface area contributed by atoms with Crippen LogP contribution in [0.3, 0.4) is 0 Å². The van der Waals surface area contributed by atoms with Gasteiger partial charge in [0.05, 0.1) is 25.6 Å². The molecule has 2 amide bonds. The van der Waals surface area contributed by atoms with Crippen LogP contribution in [0.4, 0.5) is 11.4 Å². The zero-order valence-corrected chi connectivity index (χ0v) is 15.3. The second-order valence-electron chi connectivity index (χ2n) is 5.66. The minimum Gasteiger partial charge on any atom is -0.497 e. The van der Waals surface area contributed by atoms with Gasteiger partial charge in [0.25, 0.3) is 11.8 Å². The molecule has 2 aromatic rings. The number of nitrogens with zero attached hydrogens (tertiary/aromatic N) is 1. The number of carbonyl (C=O) groups is 2. The van der Waals surface area contributed by atoms with Crippen LogP contribution in [0.2, 0.25) is 0 Å². The van der Waals surface area contributed by atoms with Gasteiger partial charge in [-0.3, -0.25) is 9.59 Å². The van der Waals surface area contributed by atoms with Gasteiger partial charge in [-0.25, -0.2) is 4.90 Å². The van der Waals surface area contributed by atoms with Gasteiger partial charge in [0.15, 0.2) is 0 Å². The number of hydrogen-bond donors (Lipinski definition) is 1. The molecule has 0 aromatic heterocycles. The third-order valence-corrected chi connectivity index (χ3v) is 4.34. The summed E-state index contributed by atoms with van der Waals surface area (Å²) in [5.74, 6) is -0.0624. The van der Waals surface area contributed by atoms with Crippen molar-refractivity contribution < 1.29 is 19.1 Å². The summed E-state index contributed by atoms with van der Waals surface area (Å²) in [7, 11) is 3.03. The Labute approximate surface area is 156 Å². The molecule has 0 radical (unpaired) electrons. The van der Waals surface area contributed by atoms with Crippen LogP contribution in [0, 0.1) is 6.92 Å². The minimum atomic E-state index is -0.579. The molecule has 0 fully saturated rings. The number of ether oxygens (including phenoxy) is 2. The molecule has 0 unspecified atom stereocenters. The fourth-order valence-electron chi connectivity index (χ4n) is 2.59. The second kappa shape index (κ2) is 7.09. The van der Waals surface area contributed by atoms with Crippen LogP contribution in [0.1, 0.15) is 5.56 Å². The topological polar surface area (TPSA) is 67.9 Å². The molecular formula is C19H17ClN2O4. The molecule has 0 bridgehead atoms. The molecule has 0 saturated heterocycles. The van der Waals surface area contributed by atoms with E-state index in [9.17, 15) is 9.59 Å². The summed E-state index contributed by atoms with van der Waals surface area (Å²) in [6.07, 6.45) is 0. The Balaban J connectivity index is 1.95. The van der Waals surface area contributed by atoms with Crippen LogP contribution >= 0.6 is 11.6 Å². The van der Waals surface area contributed by atoms with Crippen molar-refractivity contribution in [2.24, 2.45) is 0 Å². The molecule has 7 heteroatoms. The van der Waals surface area contributed by atoms with E-state index in [2.05, 4.69) is 5.32 Å². The highest BCUT2D eigenvalue weighted by Crippen LogP contribution is 2.34. The number of hydrogen-bond acceptors (Lipinski definition) is 5. The fourth-order valence-corrected chi connectivity index (χ4v) is 2.80. The van der Waals surface area contributed by atoms with Gasteiger partial charge in [0.1, 0.15) is 22.2 Å². The summed E-state index contributed by atoms with van der Waals surface area (Å²) < 4.78 is 10.5. The molecule has 0 spiro atoms. The van der Waals surface area contributed by atoms with E-state index >= 15 is 0 Å². The maximum absolute atomic E-state index is 12.8. The highest BCUT2D eigenvalue weighted by molar-refractivity contribution is 6.53. The average Bonchev–Trinajstić information content (AvgIpc) is 2.86. The van der Waals surface area contributed by atoms with Crippen LogP contribution in [0.15, 0.2) is 53.2 Å². The number of benzene rings is 2. The smallest absolute Gasteiger partial charge is 0.283 e. The van der Waals surface area contributed by atoms with Crippen molar-refractivity contribution in [2.45, 2.75) is 6.92 Å². The first-order valence-corrected chi connectivity index (χ1v) is 8.18. The van der Waals surface area contributed by atoms with Crippen LogP contribution in [-0.2, 0) is 9.59 Å². The van der Waals surface area contributed by atoms with E-state index in [0.29, 0.717) is 22.9 Å². The highest BCUT2D eigenvalue weighted by Gasteiger charge is 2.39. The zero-order chi connectivity index (χ0) is 18.8. The van der Waals surface area contributed by atoms with E-state index in [4.69, 9.17) is 21.1 Å². The third kappa shape index (κ3) is 3.11. The number of rotatable bonds is 5. The first-order chi connectivity index (χ1) is 12.5. The Kier molecular flexibility index (Phi) is 4.86. The van der Waals surface area contributed by atoms with Gasteiger partial charge in [0, 0.05) is 6.07 Å². The van der Waals surface area contributed by atoms with Crippen LogP contribution in [0.25, 0.3) is 0 Å². The van der Waals surface area contributed by atoms with E-state index in [1.807, 2.05) is 19.1 Å². The number of amides is 2. The summed E-state index contributed by atoms with van der Waals surface area (Å²) >= 11 is 6.15. The van der Waals surface area contributed by atoms with Gasteiger partial charge in [-0.05, 0) is 31.2 Å². The molecule has 1 N–H and O–H groups in total. The fraction of sp³-hybridized carbons (Fsp3) is 0.158. The Hall–Kier alpha value is -2.99. The van der Waals surface area contributed by atoms with Gasteiger partial charge in [-0.15, -0.1) is 0 Å². The van der Waals surface area contributed by atoms with Gasteiger partial charge in [-0.1, -0.05) is 29.3 Å². The average molecular weight is 373 g/mol. The number of carbonyl (C=O) groups excluding carboxylic acids is 2. The number of aryl methyl sites for hydroxylation is 1. The standard InChI is InChI=1S/C19H17ClN2O4/c1-11-4-6-12(7-5-11)22-18(23)16(20)17(19(22)24)21-14-10-13(25-2)8-9-15(14)26-3/h4-10,21H,1-3H3. The Morgan fingerprint density at radius 3 is 2.27 bits per heavy atom. The molecule has 1 aliphatic heterocycles. The predicted molar refractivity (Wildman–Crippen MR) is 99.7 cm³/mol. The van der Waals surface area contributed by atoms with Crippen molar-refractivity contribution in [3.05, 3.63) is 58.8 Å². The lowest BCUT2D eigenvalue weighted by molar-refractivity contribution is -0.120. The SMILES string of the molecule is COc1ccc(OC)c(NC2=C(Cl)C(=O)N(c3ccc(C)cc3)C2=O)c1. The molecule has 0 saturated carbocycles. The molecule has 3 rings (SSSR count). The molecule has 134 valence electrons. The second-order valence-corrected chi connectivity index (χ2v) is 6.04. The maximum atomic E-state index is 12.8. The van der Waals surface area contributed by atoms with Gasteiger partial charge >= 0.3 is 0 Å². The van der Waals surface area contributed by atoms with Crippen LogP contribution < -0.4 is 19.7 Å². The molecule has 6 nitrogen and oxygen atoms in total. The van der Waals surface area contributed by atoms with E-state index in [-0.39, 0.29) is 10.7 Å². The quantitative estimate of drug-likeness (QED) is 0.814. The van der Waals surface area contributed by atoms with Crippen molar-refractivity contribution in [3.8, 4) is 11.5 Å². The van der Waals surface area contributed by atoms with Crippen LogP contribution in [0.5, 0.6) is 11.5 Å². The van der Waals surface area contributed by atoms with Crippen molar-refractivity contribution in [3.63, 3.8) is 0 Å². The summed E-state index contributed by atoms with van der Waals surface area (Å²) in [4.78, 5) is 26.3. The lowest BCUT2D eigenvalue weighted by atomic mass is 10.2. The largest absolute Gasteiger partial charge is 0.497 e. The third-order valence-electron chi connectivity index (χ3n) is 3.99. The number of anilines is 2. The lowest BCUT2D eigenvalue weighted by Gasteiger charge is -2.16. The summed E-state index contributed by atoms with van der Waals surface area (Å²) in [6.45, 7) is 1.92. The molecule has 1 heterocycles. The number of nitrogens with one attached hydrogen (secondary N) is 1. The van der Waals surface area contributed by atoms with E-state index in [0.717, 1.165) is 10.5 Å². The molecule has 26 heavy (non-hydrogen) atoms. The van der Waals surface area contributed by atoms with Crippen molar-refractivity contribution in [1.82, 2.24) is 0 Å². The number of halogens is 1. The lowest BCUT2D eigenvalue weighted by Crippen LogP contribution is -2.32. The first-order valence-electron chi connectivity index (χ1n) is 7.80. The van der Waals surface area contributed by atoms with E-state index in [1.165, 1.54) is 14.2 Å². The monoisotopic (exact) mass is 372 g/mol. The Bertz CT molecular complexity index is 906. The summed E-state index contributed by atoms with van der Waals surface area (Å²) in [6, 6.07) is 12.1. The highest BCUT2D eigenvalue weighted by atomic mass is 35.5. The summed E-state index contributed by atoms with van der Waals surface area (Å²) in [5, 5.41) is 2.73. The zero-order valence-electron chi connectivity index (χ0n) is 14.5. The van der Waals surface area contributed by atoms with Gasteiger partial charge in [0.2, 0.25) is 0 Å². The normalized spacial score (nSPS) is 14.1. The Morgan fingerprint density at radius 2 is 1.65 bits per heavy atom. The molecular weight excluding hydrogens is 356 g/mol. The van der Waals surface area contributed by atoms with Gasteiger partial charge < -0.3 is 14.8 Å². The van der Waals surface area contributed by atoms with Crippen molar-refractivity contribution in [1.29, 1.82) is 0 Å². The maximum Gasteiger partial charge on any atom is 0.283 e. The van der Waals surface area contributed by atoms with Crippen LogP contribution in [-0.4, -0.2) is 26.0 Å². The molecule has 0 atom stereocenters. The molecule has 1 aliphatic rings. The van der Waals surface area contributed by atoms with E-state index in [1.54, 1.807) is 30.3 Å². The first kappa shape index (κ1) is 17.8. The predicted octanol–water partition coefficient (Wildman–Crippen LogP) is 3.45. The minimum absolute atomic E-state index is 0.0104. The summed E-state index contributed by atoms with van der Waals surface area (Å²) in [5.41, 5.74) is 1.93. The Morgan fingerprint density at radius 1 is 0.962 bits per heavy atom. The number of methoxy groups -OCH3 is 2. The molecule has 0 aliphatic carbocycles. The number of imide groups is 1. The molecule has 2 aromatic carbocycles. The van der Waals surface area contributed by atoms with E-state index < -0.39 is 11.8 Å². The van der Waals surface area contributed by atoms with Crippen molar-refractivity contribution in [2.75, 3.05) is 24.4 Å². The van der Waals surface area contributed by atoms with Gasteiger partial charge in [-0.2, -0.15) is 0 Å².